The Hall–Kier alpha value is -3.29. The van der Waals surface area contributed by atoms with E-state index in [2.05, 4.69) is 15.5 Å². The van der Waals surface area contributed by atoms with Gasteiger partial charge in [-0.2, -0.15) is 0 Å². The average molecular weight is 358 g/mol. The number of hydrogen-bond acceptors (Lipinski definition) is 5. The molecule has 0 aliphatic rings. The first-order valence-corrected chi connectivity index (χ1v) is 7.74. The second-order valence-electron chi connectivity index (χ2n) is 6.23. The quantitative estimate of drug-likeness (QED) is 0.728. The highest BCUT2D eigenvalue weighted by molar-refractivity contribution is 5.93. The number of amides is 1. The Morgan fingerprint density at radius 1 is 1.12 bits per heavy atom. The van der Waals surface area contributed by atoms with E-state index in [4.69, 9.17) is 10.2 Å². The van der Waals surface area contributed by atoms with Gasteiger partial charge >= 0.3 is 6.01 Å². The number of benzene rings is 2. The highest BCUT2D eigenvalue weighted by Gasteiger charge is 2.24. The third-order valence-corrected chi connectivity index (χ3v) is 3.89. The summed E-state index contributed by atoms with van der Waals surface area (Å²) in [5, 5.41) is 10.7. The third-order valence-electron chi connectivity index (χ3n) is 3.89. The van der Waals surface area contributed by atoms with E-state index in [0.29, 0.717) is 0 Å². The number of primary amides is 1. The van der Waals surface area contributed by atoms with Gasteiger partial charge in [0.25, 0.3) is 5.89 Å². The lowest BCUT2D eigenvalue weighted by Gasteiger charge is -2.25. The molecule has 0 unspecified atom stereocenters. The topological polar surface area (TPSA) is 94.0 Å². The fraction of sp³-hybridized carbons (Fsp3) is 0.167. The maximum atomic E-state index is 14.0. The SMILES string of the molecule is CC(C)(Nc1nnc(-c2cc(C(N)=O)ccc2F)o1)c1ccc(F)cc1. The lowest BCUT2D eigenvalue weighted by atomic mass is 9.94. The van der Waals surface area contributed by atoms with Crippen molar-refractivity contribution < 1.29 is 18.0 Å². The molecule has 1 aromatic heterocycles. The lowest BCUT2D eigenvalue weighted by Crippen LogP contribution is -2.28. The van der Waals surface area contributed by atoms with E-state index in [1.54, 1.807) is 12.1 Å². The van der Waals surface area contributed by atoms with Crippen molar-refractivity contribution in [3.8, 4) is 11.5 Å². The van der Waals surface area contributed by atoms with Crippen LogP contribution in [0, 0.1) is 11.6 Å². The number of nitrogens with one attached hydrogen (secondary N) is 1. The van der Waals surface area contributed by atoms with E-state index in [0.717, 1.165) is 11.6 Å². The van der Waals surface area contributed by atoms with Crippen LogP contribution in [-0.2, 0) is 5.54 Å². The molecule has 0 saturated carbocycles. The van der Waals surface area contributed by atoms with Crippen LogP contribution in [0.1, 0.15) is 29.8 Å². The summed E-state index contributed by atoms with van der Waals surface area (Å²) in [7, 11) is 0. The Balaban J connectivity index is 1.87. The Morgan fingerprint density at radius 3 is 2.46 bits per heavy atom. The fourth-order valence-electron chi connectivity index (χ4n) is 2.43. The van der Waals surface area contributed by atoms with Gasteiger partial charge in [-0.05, 0) is 49.7 Å². The average Bonchev–Trinajstić information content (AvgIpc) is 3.03. The molecular formula is C18H16F2N4O2. The number of hydrogen-bond donors (Lipinski definition) is 2. The molecular weight excluding hydrogens is 342 g/mol. The van der Waals surface area contributed by atoms with E-state index in [1.807, 2.05) is 13.8 Å². The standard InChI is InChI=1S/C18H16F2N4O2/c1-18(2,11-4-6-12(19)7-5-11)22-17-24-23-16(26-17)13-9-10(15(21)25)3-8-14(13)20/h3-9H,1-2H3,(H2,21,25)(H,22,24). The first-order valence-electron chi connectivity index (χ1n) is 7.74. The number of nitrogens with two attached hydrogens (primary N) is 1. The second-order valence-corrected chi connectivity index (χ2v) is 6.23. The Labute approximate surface area is 148 Å². The zero-order valence-electron chi connectivity index (χ0n) is 14.1. The zero-order chi connectivity index (χ0) is 18.9. The summed E-state index contributed by atoms with van der Waals surface area (Å²) in [6.45, 7) is 3.69. The van der Waals surface area contributed by atoms with Crippen molar-refractivity contribution in [2.75, 3.05) is 5.32 Å². The Morgan fingerprint density at radius 2 is 1.81 bits per heavy atom. The molecule has 1 heterocycles. The molecule has 0 fully saturated rings. The molecule has 6 nitrogen and oxygen atoms in total. The molecule has 0 aliphatic heterocycles. The van der Waals surface area contributed by atoms with Crippen molar-refractivity contribution in [3.05, 3.63) is 65.2 Å². The van der Waals surface area contributed by atoms with Gasteiger partial charge in [0.1, 0.15) is 11.6 Å². The van der Waals surface area contributed by atoms with E-state index in [-0.39, 0.29) is 28.8 Å². The highest BCUT2D eigenvalue weighted by Crippen LogP contribution is 2.28. The zero-order valence-corrected chi connectivity index (χ0v) is 14.1. The monoisotopic (exact) mass is 358 g/mol. The second kappa shape index (κ2) is 6.55. The molecule has 3 aromatic rings. The molecule has 8 heteroatoms. The summed E-state index contributed by atoms with van der Waals surface area (Å²) < 4.78 is 32.6. The molecule has 3 rings (SSSR count). The molecule has 26 heavy (non-hydrogen) atoms. The number of carbonyl (C=O) groups excluding carboxylic acids is 1. The van der Waals surface area contributed by atoms with E-state index in [9.17, 15) is 13.6 Å². The molecule has 1 amide bonds. The smallest absolute Gasteiger partial charge is 0.316 e. The van der Waals surface area contributed by atoms with Gasteiger partial charge in [0.05, 0.1) is 11.1 Å². The molecule has 0 aliphatic carbocycles. The van der Waals surface area contributed by atoms with Gasteiger partial charge in [-0.25, -0.2) is 8.78 Å². The van der Waals surface area contributed by atoms with Crippen molar-refractivity contribution >= 4 is 11.9 Å². The van der Waals surface area contributed by atoms with Crippen LogP contribution >= 0.6 is 0 Å². The summed E-state index contributed by atoms with van der Waals surface area (Å²) in [5.41, 5.74) is 5.45. The molecule has 0 saturated heterocycles. The lowest BCUT2D eigenvalue weighted by molar-refractivity contribution is 0.100. The first-order chi connectivity index (χ1) is 12.3. The van der Waals surface area contributed by atoms with Gasteiger partial charge in [-0.15, -0.1) is 5.10 Å². The minimum atomic E-state index is -0.693. The van der Waals surface area contributed by atoms with Crippen molar-refractivity contribution in [1.29, 1.82) is 0 Å². The first kappa shape index (κ1) is 17.5. The summed E-state index contributed by atoms with van der Waals surface area (Å²) in [5.74, 6) is -1.75. The van der Waals surface area contributed by atoms with Crippen LogP contribution in [0.15, 0.2) is 46.9 Å². The van der Waals surface area contributed by atoms with Crippen LogP contribution in [0.4, 0.5) is 14.8 Å². The summed E-state index contributed by atoms with van der Waals surface area (Å²) in [6.07, 6.45) is 0. The normalized spacial score (nSPS) is 11.4. The number of rotatable bonds is 5. The van der Waals surface area contributed by atoms with Crippen LogP contribution < -0.4 is 11.1 Å². The molecule has 0 radical (unpaired) electrons. The van der Waals surface area contributed by atoms with Crippen LogP contribution in [0.25, 0.3) is 11.5 Å². The van der Waals surface area contributed by atoms with Crippen LogP contribution in [0.5, 0.6) is 0 Å². The summed E-state index contributed by atoms with van der Waals surface area (Å²) in [4.78, 5) is 11.3. The number of anilines is 1. The fourth-order valence-corrected chi connectivity index (χ4v) is 2.43. The largest absolute Gasteiger partial charge is 0.403 e. The van der Waals surface area contributed by atoms with Crippen LogP contribution in [0.2, 0.25) is 0 Å². The molecule has 2 aromatic carbocycles. The molecule has 0 atom stereocenters. The number of aromatic nitrogens is 2. The predicted octanol–water partition coefficient (Wildman–Crippen LogP) is 3.46. The van der Waals surface area contributed by atoms with Gasteiger partial charge in [0.2, 0.25) is 5.91 Å². The Kier molecular flexibility index (Phi) is 4.41. The molecule has 3 N–H and O–H groups in total. The number of nitrogens with zero attached hydrogens (tertiary/aromatic N) is 2. The minimum Gasteiger partial charge on any atom is -0.403 e. The number of carbonyl (C=O) groups is 1. The predicted molar refractivity (Wildman–Crippen MR) is 91.3 cm³/mol. The number of halogens is 2. The van der Waals surface area contributed by atoms with Crippen molar-refractivity contribution in [2.45, 2.75) is 19.4 Å². The summed E-state index contributed by atoms with van der Waals surface area (Å²) in [6, 6.07) is 9.65. The van der Waals surface area contributed by atoms with Crippen molar-refractivity contribution in [3.63, 3.8) is 0 Å². The Bertz CT molecular complexity index is 952. The van der Waals surface area contributed by atoms with E-state index in [1.165, 1.54) is 24.3 Å². The van der Waals surface area contributed by atoms with Crippen molar-refractivity contribution in [2.24, 2.45) is 5.73 Å². The van der Waals surface area contributed by atoms with Gasteiger partial charge in [-0.1, -0.05) is 17.2 Å². The van der Waals surface area contributed by atoms with Crippen LogP contribution in [0.3, 0.4) is 0 Å². The third kappa shape index (κ3) is 3.53. The molecule has 134 valence electrons. The van der Waals surface area contributed by atoms with Crippen LogP contribution in [-0.4, -0.2) is 16.1 Å². The minimum absolute atomic E-state index is 0.0264. The van der Waals surface area contributed by atoms with E-state index < -0.39 is 17.3 Å². The molecule has 0 bridgehead atoms. The highest BCUT2D eigenvalue weighted by atomic mass is 19.1. The maximum absolute atomic E-state index is 14.0. The van der Waals surface area contributed by atoms with Crippen molar-refractivity contribution in [1.82, 2.24) is 10.2 Å². The van der Waals surface area contributed by atoms with E-state index >= 15 is 0 Å². The van der Waals surface area contributed by atoms with Gasteiger partial charge in [-0.3, -0.25) is 4.79 Å². The van der Waals surface area contributed by atoms with Gasteiger partial charge in [0, 0.05) is 5.56 Å². The van der Waals surface area contributed by atoms with Gasteiger partial charge in [0.15, 0.2) is 0 Å². The molecule has 0 spiro atoms. The summed E-state index contributed by atoms with van der Waals surface area (Å²) >= 11 is 0. The maximum Gasteiger partial charge on any atom is 0.316 e. The van der Waals surface area contributed by atoms with Gasteiger partial charge < -0.3 is 15.5 Å².